The molecule has 1 aliphatic carbocycles. The van der Waals surface area contributed by atoms with Crippen molar-refractivity contribution in [3.05, 3.63) is 76.9 Å². The maximum absolute atomic E-state index is 13.4. The number of fused-ring (bicyclic) bond motifs is 1. The molecule has 6 nitrogen and oxygen atoms in total. The third kappa shape index (κ3) is 4.53. The van der Waals surface area contributed by atoms with Crippen LogP contribution < -0.4 is 10.1 Å². The third-order valence-corrected chi connectivity index (χ3v) is 6.05. The average Bonchev–Trinajstić information content (AvgIpc) is 3.20. The largest absolute Gasteiger partial charge is 0.497 e. The van der Waals surface area contributed by atoms with Crippen LogP contribution in [0.15, 0.2) is 48.5 Å². The van der Waals surface area contributed by atoms with Crippen LogP contribution in [0.1, 0.15) is 46.2 Å². The summed E-state index contributed by atoms with van der Waals surface area (Å²) in [6.07, 6.45) is 3.78. The lowest BCUT2D eigenvalue weighted by Crippen LogP contribution is -2.35. The molecule has 4 rings (SSSR count). The molecule has 0 bridgehead atoms. The zero-order chi connectivity index (χ0) is 22.7. The molecule has 32 heavy (non-hydrogen) atoms. The van der Waals surface area contributed by atoms with Crippen molar-refractivity contribution in [1.29, 1.82) is 0 Å². The molecule has 0 radical (unpaired) electrons. The Balaban J connectivity index is 1.56. The molecule has 1 amide bonds. The van der Waals surface area contributed by atoms with E-state index in [0.29, 0.717) is 12.2 Å². The van der Waals surface area contributed by atoms with Gasteiger partial charge in [0, 0.05) is 17.8 Å². The number of nitrogens with zero attached hydrogens (tertiary/aromatic N) is 3. The summed E-state index contributed by atoms with van der Waals surface area (Å²) >= 11 is 0. The molecule has 0 saturated carbocycles. The Kier molecular flexibility index (Phi) is 6.55. The first-order valence-electron chi connectivity index (χ1n) is 10.9. The molecule has 1 N–H and O–H groups in total. The van der Waals surface area contributed by atoms with E-state index in [1.54, 1.807) is 23.9 Å². The fourth-order valence-corrected chi connectivity index (χ4v) is 4.27. The van der Waals surface area contributed by atoms with Crippen LogP contribution in [0.25, 0.3) is 5.69 Å². The molecule has 1 aromatic heterocycles. The summed E-state index contributed by atoms with van der Waals surface area (Å²) in [5.74, 6) is 0.332. The quantitative estimate of drug-likeness (QED) is 0.610. The minimum Gasteiger partial charge on any atom is -0.497 e. The van der Waals surface area contributed by atoms with E-state index in [1.165, 1.54) is 12.1 Å². The van der Waals surface area contributed by atoms with Crippen LogP contribution in [0, 0.1) is 5.82 Å². The van der Waals surface area contributed by atoms with Crippen LogP contribution in [-0.4, -0.2) is 48.3 Å². The fraction of sp³-hybridized carbons (Fsp3) is 0.360. The van der Waals surface area contributed by atoms with Crippen LogP contribution in [0.2, 0.25) is 0 Å². The molecule has 2 aromatic carbocycles. The van der Waals surface area contributed by atoms with Gasteiger partial charge in [-0.25, -0.2) is 9.07 Å². The van der Waals surface area contributed by atoms with Crippen LogP contribution in [-0.2, 0) is 12.8 Å². The first-order valence-corrected chi connectivity index (χ1v) is 10.9. The first kappa shape index (κ1) is 22.0. The van der Waals surface area contributed by atoms with Gasteiger partial charge in [0.1, 0.15) is 11.6 Å². The molecule has 3 aromatic rings. The van der Waals surface area contributed by atoms with E-state index in [2.05, 4.69) is 15.3 Å². The van der Waals surface area contributed by atoms with E-state index in [-0.39, 0.29) is 17.8 Å². The number of rotatable bonds is 7. The molecule has 1 heterocycles. The van der Waals surface area contributed by atoms with Crippen LogP contribution >= 0.6 is 0 Å². The summed E-state index contributed by atoms with van der Waals surface area (Å²) in [4.78, 5) is 15.3. The van der Waals surface area contributed by atoms with E-state index in [1.807, 2.05) is 38.4 Å². The highest BCUT2D eigenvalue weighted by Gasteiger charge is 2.26. The van der Waals surface area contributed by atoms with Crippen molar-refractivity contribution < 1.29 is 13.9 Å². The van der Waals surface area contributed by atoms with Gasteiger partial charge in [-0.3, -0.25) is 4.79 Å². The number of carbonyl (C=O) groups excluding carboxylic acids is 1. The Morgan fingerprint density at radius 2 is 1.81 bits per heavy atom. The standard InChI is InChI=1S/C25H29FN4O2/c1-29(2)23(17-8-14-20(32-3)15-9-17)16-27-25(31)24-21-6-4-5-7-22(21)30(28-24)19-12-10-18(26)11-13-19/h8-15,23H,4-7,16H2,1-3H3,(H,27,31). The second-order valence-corrected chi connectivity index (χ2v) is 8.33. The summed E-state index contributed by atoms with van der Waals surface area (Å²) in [7, 11) is 5.63. The number of likely N-dealkylation sites (N-methyl/N-ethyl adjacent to an activating group) is 1. The van der Waals surface area contributed by atoms with Crippen LogP contribution in [0.4, 0.5) is 4.39 Å². The highest BCUT2D eigenvalue weighted by atomic mass is 19.1. The number of aromatic nitrogens is 2. The highest BCUT2D eigenvalue weighted by Crippen LogP contribution is 2.27. The molecule has 0 aliphatic heterocycles. The summed E-state index contributed by atoms with van der Waals surface area (Å²) in [5.41, 5.74) is 4.38. The van der Waals surface area contributed by atoms with E-state index in [0.717, 1.165) is 53.9 Å². The summed E-state index contributed by atoms with van der Waals surface area (Å²) in [6.45, 7) is 0.455. The molecule has 0 spiro atoms. The zero-order valence-electron chi connectivity index (χ0n) is 18.8. The Morgan fingerprint density at radius 3 is 2.47 bits per heavy atom. The number of nitrogens with one attached hydrogen (secondary N) is 1. The second-order valence-electron chi connectivity index (χ2n) is 8.33. The Labute approximate surface area is 188 Å². The molecular formula is C25H29FN4O2. The Morgan fingerprint density at radius 1 is 1.12 bits per heavy atom. The normalized spacial score (nSPS) is 14.2. The smallest absolute Gasteiger partial charge is 0.272 e. The van der Waals surface area contributed by atoms with Gasteiger partial charge < -0.3 is 15.0 Å². The van der Waals surface area contributed by atoms with Crippen molar-refractivity contribution >= 4 is 5.91 Å². The van der Waals surface area contributed by atoms with Gasteiger partial charge in [-0.05, 0) is 81.7 Å². The van der Waals surface area contributed by atoms with Gasteiger partial charge in [0.25, 0.3) is 5.91 Å². The molecule has 0 saturated heterocycles. The van der Waals surface area contributed by atoms with Gasteiger partial charge in [-0.15, -0.1) is 0 Å². The van der Waals surface area contributed by atoms with Crippen molar-refractivity contribution in [2.24, 2.45) is 0 Å². The lowest BCUT2D eigenvalue weighted by molar-refractivity contribution is 0.0935. The second kappa shape index (κ2) is 9.53. The van der Waals surface area contributed by atoms with E-state index >= 15 is 0 Å². The highest BCUT2D eigenvalue weighted by molar-refractivity contribution is 5.94. The van der Waals surface area contributed by atoms with Gasteiger partial charge in [0.2, 0.25) is 0 Å². The average molecular weight is 437 g/mol. The van der Waals surface area contributed by atoms with Gasteiger partial charge in [-0.1, -0.05) is 12.1 Å². The molecule has 168 valence electrons. The number of hydrogen-bond donors (Lipinski definition) is 1. The number of benzene rings is 2. The first-order chi connectivity index (χ1) is 15.5. The molecular weight excluding hydrogens is 407 g/mol. The molecule has 1 unspecified atom stereocenters. The monoisotopic (exact) mass is 436 g/mol. The molecule has 7 heteroatoms. The lowest BCUT2D eigenvalue weighted by atomic mass is 9.95. The molecule has 0 fully saturated rings. The number of amides is 1. The maximum atomic E-state index is 13.4. The number of methoxy groups -OCH3 is 1. The van der Waals surface area contributed by atoms with Crippen molar-refractivity contribution in [1.82, 2.24) is 20.0 Å². The predicted molar refractivity (Wildman–Crippen MR) is 122 cm³/mol. The SMILES string of the molecule is COc1ccc(C(CNC(=O)c2nn(-c3ccc(F)cc3)c3c2CCCC3)N(C)C)cc1. The van der Waals surface area contributed by atoms with Crippen LogP contribution in [0.5, 0.6) is 5.75 Å². The number of ether oxygens (including phenoxy) is 1. The summed E-state index contributed by atoms with van der Waals surface area (Å²) in [5, 5.41) is 7.75. The van der Waals surface area contributed by atoms with Crippen molar-refractivity contribution in [2.75, 3.05) is 27.7 Å². The van der Waals surface area contributed by atoms with Gasteiger partial charge >= 0.3 is 0 Å². The molecule has 1 atom stereocenters. The predicted octanol–water partition coefficient (Wildman–Crippen LogP) is 3.93. The van der Waals surface area contributed by atoms with E-state index in [4.69, 9.17) is 4.74 Å². The summed E-state index contributed by atoms with van der Waals surface area (Å²) < 4.78 is 20.4. The number of hydrogen-bond acceptors (Lipinski definition) is 4. The van der Waals surface area contributed by atoms with Gasteiger partial charge in [0.05, 0.1) is 18.8 Å². The zero-order valence-corrected chi connectivity index (χ0v) is 18.8. The van der Waals surface area contributed by atoms with E-state index < -0.39 is 0 Å². The van der Waals surface area contributed by atoms with Crippen molar-refractivity contribution in [3.8, 4) is 11.4 Å². The number of carbonyl (C=O) groups is 1. The van der Waals surface area contributed by atoms with Gasteiger partial charge in [-0.2, -0.15) is 5.10 Å². The lowest BCUT2D eigenvalue weighted by Gasteiger charge is -2.25. The third-order valence-electron chi connectivity index (χ3n) is 6.05. The van der Waals surface area contributed by atoms with Gasteiger partial charge in [0.15, 0.2) is 5.69 Å². The van der Waals surface area contributed by atoms with Crippen molar-refractivity contribution in [3.63, 3.8) is 0 Å². The Bertz CT molecular complexity index is 1070. The topological polar surface area (TPSA) is 59.4 Å². The van der Waals surface area contributed by atoms with Crippen LogP contribution in [0.3, 0.4) is 0 Å². The minimum absolute atomic E-state index is 0.0138. The summed E-state index contributed by atoms with van der Waals surface area (Å²) in [6, 6.07) is 14.1. The fourth-order valence-electron chi connectivity index (χ4n) is 4.27. The van der Waals surface area contributed by atoms with E-state index in [9.17, 15) is 9.18 Å². The minimum atomic E-state index is -0.291. The molecule has 1 aliphatic rings. The Hall–Kier alpha value is -3.19. The maximum Gasteiger partial charge on any atom is 0.272 e. The van der Waals surface area contributed by atoms with Crippen molar-refractivity contribution in [2.45, 2.75) is 31.7 Å². The number of halogens is 1.